The molecule has 0 aliphatic carbocycles. The lowest BCUT2D eigenvalue weighted by molar-refractivity contribution is 0.191. The fourth-order valence-corrected chi connectivity index (χ4v) is 1.13. The molecule has 16 heavy (non-hydrogen) atoms. The average Bonchev–Trinajstić information content (AvgIpc) is 2.61. The molecule has 0 saturated carbocycles. The molecule has 82 valence electrons. The van der Waals surface area contributed by atoms with E-state index < -0.39 is 11.8 Å². The Labute approximate surface area is 92.7 Å². The van der Waals surface area contributed by atoms with Gasteiger partial charge in [-0.1, -0.05) is 16.3 Å². The van der Waals surface area contributed by atoms with Gasteiger partial charge in [-0.2, -0.15) is 4.68 Å². The summed E-state index contributed by atoms with van der Waals surface area (Å²) in [5.41, 5.74) is -0.612. The van der Waals surface area contributed by atoms with Crippen molar-refractivity contribution in [2.75, 3.05) is 0 Å². The smallest absolute Gasteiger partial charge is 0.438 e. The molecule has 0 amide bonds. The molecule has 1 N–H and O–H groups in total. The standard InChI is InChI=1S/C7H4ClN5O3/c8-5-2-1-4(3-9-5)12-6(14)13(7(15)16)11-10-12/h1-3H,(H,15,16). The first-order chi connectivity index (χ1) is 7.59. The molecule has 0 aliphatic rings. The van der Waals surface area contributed by atoms with Crippen LogP contribution < -0.4 is 5.69 Å². The second-order valence-corrected chi connectivity index (χ2v) is 3.09. The highest BCUT2D eigenvalue weighted by atomic mass is 35.5. The van der Waals surface area contributed by atoms with Crippen LogP contribution in [0, 0.1) is 0 Å². The zero-order valence-electron chi connectivity index (χ0n) is 7.61. The Bertz CT molecular complexity index is 587. The van der Waals surface area contributed by atoms with Gasteiger partial charge in [-0.15, -0.1) is 0 Å². The molecule has 0 saturated heterocycles. The van der Waals surface area contributed by atoms with Crippen LogP contribution in [0.5, 0.6) is 0 Å². The number of halogens is 1. The molecule has 0 radical (unpaired) electrons. The van der Waals surface area contributed by atoms with Crippen molar-refractivity contribution in [3.05, 3.63) is 34.0 Å². The van der Waals surface area contributed by atoms with Crippen molar-refractivity contribution in [1.82, 2.24) is 24.8 Å². The van der Waals surface area contributed by atoms with Crippen LogP contribution in [-0.2, 0) is 0 Å². The van der Waals surface area contributed by atoms with E-state index in [4.69, 9.17) is 16.7 Å². The molecule has 8 nitrogen and oxygen atoms in total. The fraction of sp³-hybridized carbons (Fsp3) is 0. The SMILES string of the molecule is O=C(O)n1nnn(-c2ccc(Cl)nc2)c1=O. The summed E-state index contributed by atoms with van der Waals surface area (Å²) in [4.78, 5) is 25.7. The van der Waals surface area contributed by atoms with Crippen molar-refractivity contribution in [3.63, 3.8) is 0 Å². The lowest BCUT2D eigenvalue weighted by Crippen LogP contribution is -2.28. The van der Waals surface area contributed by atoms with E-state index in [-0.39, 0.29) is 15.5 Å². The minimum absolute atomic E-state index is 0.217. The van der Waals surface area contributed by atoms with Crippen molar-refractivity contribution < 1.29 is 9.90 Å². The topological polar surface area (TPSA) is 103 Å². The quantitative estimate of drug-likeness (QED) is 0.557. The lowest BCUT2D eigenvalue weighted by atomic mass is 10.4. The fourth-order valence-electron chi connectivity index (χ4n) is 1.02. The molecule has 0 aromatic carbocycles. The molecule has 0 atom stereocenters. The first kappa shape index (κ1) is 10.3. The minimum atomic E-state index is -1.50. The normalized spacial score (nSPS) is 10.3. The van der Waals surface area contributed by atoms with Crippen LogP contribution in [0.3, 0.4) is 0 Å². The number of pyridine rings is 1. The maximum absolute atomic E-state index is 11.5. The molecule has 0 bridgehead atoms. The van der Waals surface area contributed by atoms with Crippen molar-refractivity contribution in [2.45, 2.75) is 0 Å². The van der Waals surface area contributed by atoms with Crippen LogP contribution >= 0.6 is 11.6 Å². The van der Waals surface area contributed by atoms with Crippen LogP contribution in [0.4, 0.5) is 4.79 Å². The van der Waals surface area contributed by atoms with Gasteiger partial charge in [0, 0.05) is 0 Å². The van der Waals surface area contributed by atoms with Gasteiger partial charge in [-0.25, -0.2) is 14.6 Å². The van der Waals surface area contributed by atoms with Gasteiger partial charge in [0.1, 0.15) is 5.15 Å². The summed E-state index contributed by atoms with van der Waals surface area (Å²) in [7, 11) is 0. The summed E-state index contributed by atoms with van der Waals surface area (Å²) in [6.45, 7) is 0. The van der Waals surface area contributed by atoms with Crippen LogP contribution in [0.2, 0.25) is 5.15 Å². The summed E-state index contributed by atoms with van der Waals surface area (Å²) >= 11 is 5.56. The molecular weight excluding hydrogens is 238 g/mol. The Morgan fingerprint density at radius 2 is 2.12 bits per heavy atom. The number of tetrazole rings is 1. The molecule has 2 aromatic rings. The van der Waals surface area contributed by atoms with Crippen LogP contribution in [0.15, 0.2) is 23.1 Å². The Balaban J connectivity index is 2.53. The number of nitrogens with zero attached hydrogens (tertiary/aromatic N) is 5. The Morgan fingerprint density at radius 1 is 1.38 bits per heavy atom. The third-order valence-corrected chi connectivity index (χ3v) is 1.94. The van der Waals surface area contributed by atoms with Gasteiger partial charge in [0.15, 0.2) is 0 Å². The van der Waals surface area contributed by atoms with Gasteiger partial charge in [0.2, 0.25) is 0 Å². The van der Waals surface area contributed by atoms with Gasteiger partial charge in [-0.05, 0) is 22.6 Å². The van der Waals surface area contributed by atoms with Crippen LogP contribution in [0.1, 0.15) is 0 Å². The van der Waals surface area contributed by atoms with Gasteiger partial charge in [-0.3, -0.25) is 0 Å². The molecular formula is C7H4ClN5O3. The minimum Gasteiger partial charge on any atom is -0.463 e. The highest BCUT2D eigenvalue weighted by Gasteiger charge is 2.13. The molecule has 2 rings (SSSR count). The van der Waals surface area contributed by atoms with Gasteiger partial charge < -0.3 is 5.11 Å². The predicted molar refractivity (Wildman–Crippen MR) is 51.8 cm³/mol. The third-order valence-electron chi connectivity index (χ3n) is 1.72. The second-order valence-electron chi connectivity index (χ2n) is 2.71. The van der Waals surface area contributed by atoms with E-state index in [1.807, 2.05) is 0 Å². The molecule has 0 fully saturated rings. The van der Waals surface area contributed by atoms with E-state index in [1.54, 1.807) is 0 Å². The first-order valence-electron chi connectivity index (χ1n) is 4.00. The number of carbonyl (C=O) groups is 1. The van der Waals surface area contributed by atoms with E-state index in [1.165, 1.54) is 18.3 Å². The maximum Gasteiger partial charge on any atom is 0.438 e. The molecule has 2 aromatic heterocycles. The number of hydrogen-bond donors (Lipinski definition) is 1. The molecule has 0 aliphatic heterocycles. The summed E-state index contributed by atoms with van der Waals surface area (Å²) in [5, 5.41) is 15.4. The Morgan fingerprint density at radius 3 is 2.62 bits per heavy atom. The van der Waals surface area contributed by atoms with Crippen molar-refractivity contribution in [3.8, 4) is 5.69 Å². The van der Waals surface area contributed by atoms with Gasteiger partial charge in [0.05, 0.1) is 11.9 Å². The molecule has 0 unspecified atom stereocenters. The second kappa shape index (κ2) is 3.74. The maximum atomic E-state index is 11.5. The van der Waals surface area contributed by atoms with E-state index in [0.717, 1.165) is 4.68 Å². The van der Waals surface area contributed by atoms with Crippen molar-refractivity contribution in [1.29, 1.82) is 0 Å². The van der Waals surface area contributed by atoms with Crippen molar-refractivity contribution in [2.24, 2.45) is 0 Å². The number of carboxylic acid groups (broad SMARTS) is 1. The van der Waals surface area contributed by atoms with Gasteiger partial charge in [0.25, 0.3) is 0 Å². The average molecular weight is 242 g/mol. The highest BCUT2D eigenvalue weighted by Crippen LogP contribution is 2.06. The summed E-state index contributed by atoms with van der Waals surface area (Å²) < 4.78 is 1.02. The third kappa shape index (κ3) is 1.65. The van der Waals surface area contributed by atoms with E-state index in [9.17, 15) is 9.59 Å². The van der Waals surface area contributed by atoms with Crippen LogP contribution in [-0.4, -0.2) is 36.0 Å². The number of hydrogen-bond acceptors (Lipinski definition) is 5. The lowest BCUT2D eigenvalue weighted by Gasteiger charge is -1.96. The molecule has 9 heteroatoms. The number of rotatable bonds is 1. The van der Waals surface area contributed by atoms with E-state index in [0.29, 0.717) is 0 Å². The van der Waals surface area contributed by atoms with Gasteiger partial charge >= 0.3 is 11.8 Å². The zero-order valence-corrected chi connectivity index (χ0v) is 8.37. The monoisotopic (exact) mass is 241 g/mol. The number of aromatic nitrogens is 5. The van der Waals surface area contributed by atoms with Crippen molar-refractivity contribution >= 4 is 17.7 Å². The predicted octanol–water partition coefficient (Wildman–Crippen LogP) is 0.00350. The zero-order chi connectivity index (χ0) is 11.7. The summed E-state index contributed by atoms with van der Waals surface area (Å²) in [6, 6.07) is 2.92. The van der Waals surface area contributed by atoms with Crippen LogP contribution in [0.25, 0.3) is 5.69 Å². The summed E-state index contributed by atoms with van der Waals surface area (Å²) in [6.07, 6.45) is -0.219. The largest absolute Gasteiger partial charge is 0.463 e. The van der Waals surface area contributed by atoms with E-state index >= 15 is 0 Å². The molecule has 0 spiro atoms. The Hall–Kier alpha value is -2.22. The molecule has 2 heterocycles. The Kier molecular flexibility index (Phi) is 2.41. The highest BCUT2D eigenvalue weighted by molar-refractivity contribution is 6.29. The first-order valence-corrected chi connectivity index (χ1v) is 4.37. The summed E-state index contributed by atoms with van der Waals surface area (Å²) in [5.74, 6) is 0. The van der Waals surface area contributed by atoms with E-state index in [2.05, 4.69) is 15.4 Å².